The first-order valence-corrected chi connectivity index (χ1v) is 14.0. The topological polar surface area (TPSA) is 92.4 Å². The van der Waals surface area contributed by atoms with Crippen LogP contribution in [0.5, 0.6) is 11.5 Å². The van der Waals surface area contributed by atoms with Gasteiger partial charge in [-0.2, -0.15) is 13.2 Å². The summed E-state index contributed by atoms with van der Waals surface area (Å²) in [6, 6.07) is 17.7. The monoisotopic (exact) mass is 596 g/mol. The number of nitrogens with zero attached hydrogens (tertiary/aromatic N) is 2. The SMILES string of the molecule is O=C(NCc1ccc2c(c1)OCO2)Nc1ccc(CN2CC3(CCN(Cc4ccc(C(F)(F)F)cc4)CC3)OC2=O)cc1. The van der Waals surface area contributed by atoms with Crippen LogP contribution in [-0.4, -0.2) is 54.0 Å². The highest BCUT2D eigenvalue weighted by Gasteiger charge is 2.46. The second kappa shape index (κ2) is 11.7. The van der Waals surface area contributed by atoms with Crippen molar-refractivity contribution in [1.82, 2.24) is 15.1 Å². The van der Waals surface area contributed by atoms with Gasteiger partial charge in [0.05, 0.1) is 12.1 Å². The fraction of sp³-hybridized carbons (Fsp3) is 0.355. The first-order valence-electron chi connectivity index (χ1n) is 14.0. The van der Waals surface area contributed by atoms with E-state index in [1.807, 2.05) is 30.3 Å². The number of carbonyl (C=O) groups excluding carboxylic acids is 2. The van der Waals surface area contributed by atoms with E-state index >= 15 is 0 Å². The number of hydrogen-bond acceptors (Lipinski definition) is 6. The highest BCUT2D eigenvalue weighted by molar-refractivity contribution is 5.89. The number of benzene rings is 3. The molecule has 0 unspecified atom stereocenters. The number of alkyl halides is 3. The van der Waals surface area contributed by atoms with Gasteiger partial charge in [-0.15, -0.1) is 0 Å². The van der Waals surface area contributed by atoms with Crippen LogP contribution in [0.15, 0.2) is 66.7 Å². The van der Waals surface area contributed by atoms with Gasteiger partial charge < -0.3 is 24.8 Å². The summed E-state index contributed by atoms with van der Waals surface area (Å²) in [5, 5.41) is 5.62. The van der Waals surface area contributed by atoms with E-state index in [1.54, 1.807) is 17.0 Å². The second-order valence-electron chi connectivity index (χ2n) is 11.1. The number of urea groups is 1. The molecule has 3 aromatic rings. The molecule has 3 aromatic carbocycles. The molecule has 0 aromatic heterocycles. The van der Waals surface area contributed by atoms with E-state index in [0.717, 1.165) is 28.8 Å². The van der Waals surface area contributed by atoms with E-state index in [4.69, 9.17) is 14.2 Å². The highest BCUT2D eigenvalue weighted by atomic mass is 19.4. The lowest BCUT2D eigenvalue weighted by molar-refractivity contribution is -0.137. The minimum absolute atomic E-state index is 0.193. The van der Waals surface area contributed by atoms with Gasteiger partial charge in [0.25, 0.3) is 0 Å². The smallest absolute Gasteiger partial charge is 0.416 e. The number of nitrogens with one attached hydrogen (secondary N) is 2. The minimum atomic E-state index is -4.35. The lowest BCUT2D eigenvalue weighted by Gasteiger charge is -2.37. The van der Waals surface area contributed by atoms with Crippen molar-refractivity contribution in [2.75, 3.05) is 31.7 Å². The van der Waals surface area contributed by atoms with Crippen LogP contribution in [-0.2, 0) is 30.5 Å². The summed E-state index contributed by atoms with van der Waals surface area (Å²) in [7, 11) is 0. The quantitative estimate of drug-likeness (QED) is 0.361. The molecule has 226 valence electrons. The van der Waals surface area contributed by atoms with Crippen LogP contribution in [0.1, 0.15) is 35.1 Å². The molecule has 12 heteroatoms. The molecule has 2 fully saturated rings. The molecule has 1 spiro atoms. The van der Waals surface area contributed by atoms with E-state index in [9.17, 15) is 22.8 Å². The average Bonchev–Trinajstić information content (AvgIpc) is 3.57. The maximum Gasteiger partial charge on any atom is 0.416 e. The van der Waals surface area contributed by atoms with Crippen LogP contribution in [0, 0.1) is 0 Å². The maximum absolute atomic E-state index is 12.8. The van der Waals surface area contributed by atoms with Crippen molar-refractivity contribution in [2.45, 2.75) is 44.3 Å². The average molecular weight is 597 g/mol. The largest absolute Gasteiger partial charge is 0.454 e. The molecular formula is C31H31F3N4O5. The molecule has 9 nitrogen and oxygen atoms in total. The van der Waals surface area contributed by atoms with E-state index in [-0.39, 0.29) is 18.9 Å². The third kappa shape index (κ3) is 6.80. The van der Waals surface area contributed by atoms with Crippen molar-refractivity contribution in [3.8, 4) is 11.5 Å². The molecule has 3 heterocycles. The fourth-order valence-electron chi connectivity index (χ4n) is 5.57. The van der Waals surface area contributed by atoms with Crippen LogP contribution in [0.3, 0.4) is 0 Å². The first kappa shape index (κ1) is 28.7. The van der Waals surface area contributed by atoms with Crippen LogP contribution in [0.4, 0.5) is 28.4 Å². The molecule has 43 heavy (non-hydrogen) atoms. The van der Waals surface area contributed by atoms with Gasteiger partial charge in [0.2, 0.25) is 6.79 Å². The number of fused-ring (bicyclic) bond motifs is 1. The summed E-state index contributed by atoms with van der Waals surface area (Å²) >= 11 is 0. The maximum atomic E-state index is 12.8. The normalized spacial score (nSPS) is 17.7. The second-order valence-corrected chi connectivity index (χ2v) is 11.1. The van der Waals surface area contributed by atoms with E-state index in [1.165, 1.54) is 12.1 Å². The Bertz CT molecular complexity index is 1470. The number of likely N-dealkylation sites (tertiary alicyclic amines) is 1. The molecule has 2 saturated heterocycles. The minimum Gasteiger partial charge on any atom is -0.454 e. The van der Waals surface area contributed by atoms with Gasteiger partial charge in [0.1, 0.15) is 5.60 Å². The van der Waals surface area contributed by atoms with Crippen molar-refractivity contribution >= 4 is 17.8 Å². The van der Waals surface area contributed by atoms with Crippen LogP contribution >= 0.6 is 0 Å². The Morgan fingerprint density at radius 3 is 2.23 bits per heavy atom. The molecule has 2 N–H and O–H groups in total. The molecule has 0 aliphatic carbocycles. The van der Waals surface area contributed by atoms with Gasteiger partial charge in [-0.05, 0) is 53.1 Å². The van der Waals surface area contributed by atoms with Gasteiger partial charge in [0, 0.05) is 51.3 Å². The van der Waals surface area contributed by atoms with Crippen molar-refractivity contribution in [1.29, 1.82) is 0 Å². The van der Waals surface area contributed by atoms with Gasteiger partial charge in [-0.1, -0.05) is 30.3 Å². The van der Waals surface area contributed by atoms with Crippen molar-refractivity contribution in [3.05, 3.63) is 89.0 Å². The number of halogens is 3. The molecule has 0 atom stereocenters. The summed E-state index contributed by atoms with van der Waals surface area (Å²) in [5.74, 6) is 1.34. The summed E-state index contributed by atoms with van der Waals surface area (Å²) < 4.78 is 55.0. The Labute approximate surface area is 246 Å². The fourth-order valence-corrected chi connectivity index (χ4v) is 5.57. The number of rotatable bonds is 7. The van der Waals surface area contributed by atoms with Crippen LogP contribution in [0.25, 0.3) is 0 Å². The molecular weight excluding hydrogens is 565 g/mol. The molecule has 3 amide bonds. The summed E-state index contributed by atoms with van der Waals surface area (Å²) in [5.41, 5.74) is 2.00. The molecule has 3 aliphatic heterocycles. The molecule has 0 bridgehead atoms. The van der Waals surface area contributed by atoms with Gasteiger partial charge in [-0.3, -0.25) is 9.80 Å². The Hall–Kier alpha value is -4.45. The zero-order valence-corrected chi connectivity index (χ0v) is 23.3. The Morgan fingerprint density at radius 1 is 0.860 bits per heavy atom. The lowest BCUT2D eigenvalue weighted by Crippen LogP contribution is -2.46. The summed E-state index contributed by atoms with van der Waals surface area (Å²) in [6.45, 7) is 3.28. The Morgan fingerprint density at radius 2 is 1.51 bits per heavy atom. The number of anilines is 1. The number of hydrogen-bond donors (Lipinski definition) is 2. The van der Waals surface area contributed by atoms with Gasteiger partial charge >= 0.3 is 18.3 Å². The van der Waals surface area contributed by atoms with Crippen LogP contribution in [0.2, 0.25) is 0 Å². The van der Waals surface area contributed by atoms with E-state index in [0.29, 0.717) is 69.3 Å². The number of ether oxygens (including phenoxy) is 3. The molecule has 0 saturated carbocycles. The summed E-state index contributed by atoms with van der Waals surface area (Å²) in [6.07, 6.45) is -3.40. The molecule has 0 radical (unpaired) electrons. The lowest BCUT2D eigenvalue weighted by atomic mass is 9.91. The zero-order chi connectivity index (χ0) is 30.0. The third-order valence-electron chi connectivity index (χ3n) is 7.97. The van der Waals surface area contributed by atoms with Crippen molar-refractivity contribution < 1.29 is 37.0 Å². The predicted octanol–water partition coefficient (Wildman–Crippen LogP) is 5.74. The van der Waals surface area contributed by atoms with E-state index in [2.05, 4.69) is 15.5 Å². The standard InChI is InChI=1S/C31H31F3N4O5/c32-31(33,34)24-6-1-21(2-7-24)17-37-13-11-30(12-14-37)19-38(29(40)43-30)18-22-3-8-25(9-4-22)36-28(39)35-16-23-5-10-26-27(15-23)42-20-41-26/h1-10,15H,11-14,16-20H2,(H2,35,36,39). The van der Waals surface area contributed by atoms with Gasteiger partial charge in [0.15, 0.2) is 11.5 Å². The predicted molar refractivity (Wildman–Crippen MR) is 150 cm³/mol. The number of piperidine rings is 1. The van der Waals surface area contributed by atoms with Crippen molar-refractivity contribution in [2.24, 2.45) is 0 Å². The molecule has 3 aliphatic rings. The zero-order valence-electron chi connectivity index (χ0n) is 23.3. The first-order chi connectivity index (χ1) is 20.6. The van der Waals surface area contributed by atoms with Crippen molar-refractivity contribution in [3.63, 3.8) is 0 Å². The highest BCUT2D eigenvalue weighted by Crippen LogP contribution is 2.35. The van der Waals surface area contributed by atoms with E-state index < -0.39 is 17.3 Å². The summed E-state index contributed by atoms with van der Waals surface area (Å²) in [4.78, 5) is 29.0. The molecule has 6 rings (SSSR count). The Kier molecular flexibility index (Phi) is 7.78. The number of amides is 3. The Balaban J connectivity index is 0.952. The third-order valence-corrected chi connectivity index (χ3v) is 7.97. The van der Waals surface area contributed by atoms with Crippen LogP contribution < -0.4 is 20.1 Å². The number of carbonyl (C=O) groups is 2. The van der Waals surface area contributed by atoms with Gasteiger partial charge in [-0.25, -0.2) is 9.59 Å².